The maximum absolute atomic E-state index is 12.5. The van der Waals surface area contributed by atoms with Crippen LogP contribution in [-0.2, 0) is 0 Å². The van der Waals surface area contributed by atoms with Gasteiger partial charge in [0.15, 0.2) is 0 Å². The molecule has 0 atom stereocenters. The van der Waals surface area contributed by atoms with Crippen LogP contribution in [0.3, 0.4) is 0 Å². The van der Waals surface area contributed by atoms with Crippen molar-refractivity contribution in [2.75, 3.05) is 0 Å². The first-order chi connectivity index (χ1) is 14.3. The summed E-state index contributed by atoms with van der Waals surface area (Å²) >= 11 is 5.88. The molecule has 0 radical (unpaired) electrons. The second-order valence-corrected chi connectivity index (χ2v) is 7.20. The number of nitro groups is 1. The van der Waals surface area contributed by atoms with E-state index in [2.05, 4.69) is 20.4 Å². The third kappa shape index (κ3) is 3.16. The molecule has 0 aliphatic heterocycles. The van der Waals surface area contributed by atoms with Crippen molar-refractivity contribution < 1.29 is 9.34 Å². The summed E-state index contributed by atoms with van der Waals surface area (Å²) in [7, 11) is 0. The summed E-state index contributed by atoms with van der Waals surface area (Å²) in [5.74, 6) is -0.112. The van der Waals surface area contributed by atoms with E-state index in [1.165, 1.54) is 12.1 Å². The molecule has 0 saturated carbocycles. The molecule has 0 aliphatic rings. The highest BCUT2D eigenvalue weighted by Crippen LogP contribution is 2.36. The van der Waals surface area contributed by atoms with Crippen LogP contribution in [0.4, 0.5) is 5.69 Å². The van der Waals surface area contributed by atoms with Gasteiger partial charge >= 0.3 is 0 Å². The molecule has 30 heavy (non-hydrogen) atoms. The fourth-order valence-corrected chi connectivity index (χ4v) is 3.69. The van der Waals surface area contributed by atoms with Gasteiger partial charge in [-0.2, -0.15) is 0 Å². The van der Waals surface area contributed by atoms with Crippen molar-refractivity contribution in [3.63, 3.8) is 0 Å². The lowest BCUT2D eigenvalue weighted by Gasteiger charge is -2.12. The van der Waals surface area contributed by atoms with Gasteiger partial charge in [0.2, 0.25) is 0 Å². The molecule has 3 heterocycles. The molecule has 154 valence electrons. The predicted molar refractivity (Wildman–Crippen MR) is 109 cm³/mol. The van der Waals surface area contributed by atoms with Gasteiger partial charge in [-0.15, -0.1) is 0 Å². The Morgan fingerprint density at radius 1 is 0.967 bits per heavy atom. The Morgan fingerprint density at radius 2 is 1.57 bits per heavy atom. The van der Waals surface area contributed by atoms with Gasteiger partial charge in [-0.05, 0) is 38.1 Å². The minimum atomic E-state index is -0.786. The minimum absolute atomic E-state index is 0.0115. The summed E-state index contributed by atoms with van der Waals surface area (Å²) in [5, 5.41) is 21.8. The molecular formula is C19H16ClN5O5. The van der Waals surface area contributed by atoms with Crippen LogP contribution in [0, 0.1) is 24.0 Å². The summed E-state index contributed by atoms with van der Waals surface area (Å²) in [4.78, 5) is 35.5. The zero-order valence-corrected chi connectivity index (χ0v) is 16.6. The Hall–Kier alpha value is -3.79. The van der Waals surface area contributed by atoms with Crippen LogP contribution < -0.4 is 11.1 Å². The molecule has 4 rings (SSSR count). The molecule has 0 amide bonds. The number of aromatic nitrogens is 4. The third-order valence-electron chi connectivity index (χ3n) is 4.94. The number of aromatic amines is 4. The number of benzene rings is 1. The van der Waals surface area contributed by atoms with Crippen LogP contribution in [0.15, 0.2) is 44.3 Å². The maximum atomic E-state index is 12.5. The highest BCUT2D eigenvalue weighted by molar-refractivity contribution is 6.32. The topological polar surface area (TPSA) is 154 Å². The Kier molecular flexibility index (Phi) is 4.70. The van der Waals surface area contributed by atoms with E-state index in [9.17, 15) is 19.7 Å². The highest BCUT2D eigenvalue weighted by Gasteiger charge is 2.30. The molecule has 4 N–H and O–H groups in total. The van der Waals surface area contributed by atoms with Gasteiger partial charge in [-0.25, -0.2) is 0 Å². The molecule has 0 fully saturated rings. The molecule has 0 bridgehead atoms. The summed E-state index contributed by atoms with van der Waals surface area (Å²) in [6.45, 7) is 3.42. The molecule has 11 heteroatoms. The first kappa shape index (κ1) is 19.5. The number of H-pyrrole nitrogens is 4. The normalized spacial score (nSPS) is 11.3. The van der Waals surface area contributed by atoms with Gasteiger partial charge in [-0.3, -0.25) is 29.9 Å². The van der Waals surface area contributed by atoms with Gasteiger partial charge in [0.05, 0.1) is 22.0 Å². The smallest absolute Gasteiger partial charge is 0.288 e. The molecule has 0 aliphatic carbocycles. The quantitative estimate of drug-likeness (QED) is 0.283. The molecule has 0 unspecified atom stereocenters. The van der Waals surface area contributed by atoms with Gasteiger partial charge in [-0.1, -0.05) is 11.6 Å². The Balaban J connectivity index is 1.88. The number of hydrogen-bond donors (Lipinski definition) is 4. The molecule has 10 nitrogen and oxygen atoms in total. The minimum Gasteiger partial charge on any atom is -0.460 e. The largest absolute Gasteiger partial charge is 0.460 e. The van der Waals surface area contributed by atoms with E-state index in [0.29, 0.717) is 39.6 Å². The average Bonchev–Trinajstić information content (AvgIpc) is 3.40. The van der Waals surface area contributed by atoms with Gasteiger partial charge in [0.1, 0.15) is 16.5 Å². The second kappa shape index (κ2) is 7.23. The van der Waals surface area contributed by atoms with Gasteiger partial charge in [0, 0.05) is 23.0 Å². The number of nitrogens with zero attached hydrogens (tertiary/aromatic N) is 1. The summed E-state index contributed by atoms with van der Waals surface area (Å²) in [6, 6.07) is 7.58. The fraction of sp³-hybridized carbons (Fsp3) is 0.158. The van der Waals surface area contributed by atoms with E-state index < -0.39 is 10.8 Å². The molecular weight excluding hydrogens is 414 g/mol. The van der Waals surface area contributed by atoms with Crippen molar-refractivity contribution in [2.45, 2.75) is 19.8 Å². The summed E-state index contributed by atoms with van der Waals surface area (Å²) in [6.07, 6.45) is 0. The molecule has 3 aromatic heterocycles. The van der Waals surface area contributed by atoms with Crippen molar-refractivity contribution in [1.29, 1.82) is 0 Å². The first-order valence-electron chi connectivity index (χ1n) is 8.86. The Bertz CT molecular complexity index is 1320. The lowest BCUT2D eigenvalue weighted by molar-refractivity contribution is -0.384. The van der Waals surface area contributed by atoms with Crippen LogP contribution in [0.5, 0.6) is 0 Å². The van der Waals surface area contributed by atoms with Gasteiger partial charge < -0.3 is 14.6 Å². The van der Waals surface area contributed by atoms with Crippen molar-refractivity contribution in [3.05, 3.63) is 94.5 Å². The fourth-order valence-electron chi connectivity index (χ4n) is 3.50. The maximum Gasteiger partial charge on any atom is 0.288 e. The van der Waals surface area contributed by atoms with Crippen molar-refractivity contribution in [3.8, 4) is 11.3 Å². The molecule has 4 aromatic rings. The standard InChI is InChI=1S/C19H16ClN5O5/c1-8-15(18(26)23-21-8)17(16-9(2)22-24-19(16)27)14-6-5-13(30-14)10-3-4-11(20)12(7-10)25(28)29/h3-7,17H,1-2H3,(H2,21,23,26)(H2,22,24,27). The average molecular weight is 430 g/mol. The third-order valence-corrected chi connectivity index (χ3v) is 5.26. The van der Waals surface area contributed by atoms with Crippen molar-refractivity contribution >= 4 is 17.3 Å². The van der Waals surface area contributed by atoms with Crippen molar-refractivity contribution in [2.24, 2.45) is 0 Å². The van der Waals surface area contributed by atoms with E-state index in [4.69, 9.17) is 16.0 Å². The summed E-state index contributed by atoms with van der Waals surface area (Å²) in [5.41, 5.74) is 1.23. The number of nitrogens with one attached hydrogen (secondary N) is 4. The number of aryl methyl sites for hydroxylation is 2. The Morgan fingerprint density at radius 3 is 2.07 bits per heavy atom. The van der Waals surface area contributed by atoms with E-state index in [0.717, 1.165) is 0 Å². The zero-order chi connectivity index (χ0) is 21.6. The molecule has 1 aromatic carbocycles. The van der Waals surface area contributed by atoms with Crippen LogP contribution in [0.25, 0.3) is 11.3 Å². The number of halogens is 1. The summed E-state index contributed by atoms with van der Waals surface area (Å²) < 4.78 is 5.98. The SMILES string of the molecule is Cc1[nH][nH]c(=O)c1C(c1ccc(-c2ccc(Cl)c([N+](=O)[O-])c2)o1)c1c(C)[nH][nH]c1=O. The van der Waals surface area contributed by atoms with Crippen LogP contribution in [-0.4, -0.2) is 25.3 Å². The number of nitro benzene ring substituents is 1. The van der Waals surface area contributed by atoms with E-state index in [1.54, 1.807) is 32.0 Å². The molecule has 0 spiro atoms. The Labute approximate surface area is 173 Å². The predicted octanol–water partition coefficient (Wildman–Crippen LogP) is 3.34. The van der Waals surface area contributed by atoms with Gasteiger partial charge in [0.25, 0.3) is 16.8 Å². The number of hydrogen-bond acceptors (Lipinski definition) is 5. The molecule has 0 saturated heterocycles. The lowest BCUT2D eigenvalue weighted by Crippen LogP contribution is -2.19. The van der Waals surface area contributed by atoms with E-state index >= 15 is 0 Å². The van der Waals surface area contributed by atoms with E-state index in [1.807, 2.05) is 0 Å². The monoisotopic (exact) mass is 429 g/mol. The van der Waals surface area contributed by atoms with E-state index in [-0.39, 0.29) is 21.8 Å². The first-order valence-corrected chi connectivity index (χ1v) is 9.24. The number of furan rings is 1. The highest BCUT2D eigenvalue weighted by atomic mass is 35.5. The zero-order valence-electron chi connectivity index (χ0n) is 15.8. The van der Waals surface area contributed by atoms with Crippen LogP contribution in [0.1, 0.15) is 34.2 Å². The van der Waals surface area contributed by atoms with Crippen LogP contribution in [0.2, 0.25) is 5.02 Å². The number of rotatable bonds is 5. The van der Waals surface area contributed by atoms with Crippen LogP contribution >= 0.6 is 11.6 Å². The second-order valence-electron chi connectivity index (χ2n) is 6.79. The van der Waals surface area contributed by atoms with Crippen molar-refractivity contribution in [1.82, 2.24) is 20.4 Å². The lowest BCUT2D eigenvalue weighted by atomic mass is 9.89.